The van der Waals surface area contributed by atoms with Crippen molar-refractivity contribution in [3.63, 3.8) is 0 Å². The van der Waals surface area contributed by atoms with Crippen LogP contribution in [0.3, 0.4) is 0 Å². The lowest BCUT2D eigenvalue weighted by molar-refractivity contribution is 0.101. The second-order valence-corrected chi connectivity index (χ2v) is 6.90. The molecule has 4 nitrogen and oxygen atoms in total. The van der Waals surface area contributed by atoms with Crippen molar-refractivity contribution in [3.05, 3.63) is 77.9 Å². The SMILES string of the molecule is CC(=O)c1cccc(C(C)(C)NC(=O)Nc2ccc3ccccc3c2)c1. The van der Waals surface area contributed by atoms with Crippen molar-refractivity contribution < 1.29 is 9.59 Å². The van der Waals surface area contributed by atoms with Gasteiger partial charge in [0.05, 0.1) is 5.54 Å². The summed E-state index contributed by atoms with van der Waals surface area (Å²) in [6.45, 7) is 5.35. The van der Waals surface area contributed by atoms with E-state index in [4.69, 9.17) is 0 Å². The van der Waals surface area contributed by atoms with Crippen LogP contribution in [0.4, 0.5) is 10.5 Å². The standard InChI is InChI=1S/C22H22N2O2/c1-15(25)17-9-6-10-19(13-17)22(2,3)24-21(26)23-20-12-11-16-7-4-5-8-18(16)14-20/h4-14H,1-3H3,(H2,23,24,26). The summed E-state index contributed by atoms with van der Waals surface area (Å²) in [4.78, 5) is 24.1. The van der Waals surface area contributed by atoms with E-state index in [1.807, 2.05) is 74.5 Å². The molecule has 4 heteroatoms. The van der Waals surface area contributed by atoms with Crippen LogP contribution in [0.25, 0.3) is 10.8 Å². The molecule has 3 aromatic carbocycles. The van der Waals surface area contributed by atoms with Gasteiger partial charge in [0.1, 0.15) is 0 Å². The highest BCUT2D eigenvalue weighted by Gasteiger charge is 2.23. The molecule has 0 fully saturated rings. The Morgan fingerprint density at radius 2 is 1.58 bits per heavy atom. The lowest BCUT2D eigenvalue weighted by atomic mass is 9.92. The number of rotatable bonds is 4. The van der Waals surface area contributed by atoms with E-state index in [-0.39, 0.29) is 11.8 Å². The Labute approximate surface area is 153 Å². The third kappa shape index (κ3) is 3.91. The minimum Gasteiger partial charge on any atom is -0.329 e. The van der Waals surface area contributed by atoms with E-state index in [1.54, 1.807) is 6.07 Å². The van der Waals surface area contributed by atoms with Crippen LogP contribution in [-0.2, 0) is 5.54 Å². The Morgan fingerprint density at radius 3 is 2.31 bits per heavy atom. The quantitative estimate of drug-likeness (QED) is 0.646. The van der Waals surface area contributed by atoms with E-state index in [9.17, 15) is 9.59 Å². The van der Waals surface area contributed by atoms with Crippen LogP contribution in [0.15, 0.2) is 66.7 Å². The number of nitrogens with one attached hydrogen (secondary N) is 2. The molecule has 0 heterocycles. The Hall–Kier alpha value is -3.14. The minimum atomic E-state index is -0.619. The van der Waals surface area contributed by atoms with Gasteiger partial charge < -0.3 is 10.6 Å². The molecule has 0 aromatic heterocycles. The van der Waals surface area contributed by atoms with Crippen molar-refractivity contribution in [2.24, 2.45) is 0 Å². The maximum Gasteiger partial charge on any atom is 0.319 e. The molecule has 3 aromatic rings. The lowest BCUT2D eigenvalue weighted by Gasteiger charge is -2.27. The summed E-state index contributed by atoms with van der Waals surface area (Å²) in [5.74, 6) is 0.00302. The monoisotopic (exact) mass is 346 g/mol. The molecule has 26 heavy (non-hydrogen) atoms. The third-order valence-electron chi connectivity index (χ3n) is 4.42. The predicted molar refractivity (Wildman–Crippen MR) is 106 cm³/mol. The first-order valence-electron chi connectivity index (χ1n) is 8.54. The highest BCUT2D eigenvalue weighted by atomic mass is 16.2. The number of carbonyl (C=O) groups excluding carboxylic acids is 2. The van der Waals surface area contributed by atoms with Crippen LogP contribution in [0, 0.1) is 0 Å². The molecular formula is C22H22N2O2. The van der Waals surface area contributed by atoms with Crippen molar-refractivity contribution in [2.45, 2.75) is 26.3 Å². The van der Waals surface area contributed by atoms with E-state index in [0.29, 0.717) is 5.56 Å². The number of urea groups is 1. The number of ketones is 1. The van der Waals surface area contributed by atoms with E-state index < -0.39 is 5.54 Å². The van der Waals surface area contributed by atoms with Gasteiger partial charge in [0.25, 0.3) is 0 Å². The molecule has 0 saturated heterocycles. The van der Waals surface area contributed by atoms with Gasteiger partial charge in [-0.05, 0) is 55.3 Å². The first kappa shape index (κ1) is 17.7. The lowest BCUT2D eigenvalue weighted by Crippen LogP contribution is -2.43. The molecule has 0 aliphatic rings. The molecule has 0 spiro atoms. The molecule has 0 radical (unpaired) electrons. The highest BCUT2D eigenvalue weighted by molar-refractivity contribution is 5.95. The van der Waals surface area contributed by atoms with E-state index in [0.717, 1.165) is 22.0 Å². The van der Waals surface area contributed by atoms with Gasteiger partial charge in [0.15, 0.2) is 5.78 Å². The Balaban J connectivity index is 1.75. The number of benzene rings is 3. The fourth-order valence-corrected chi connectivity index (χ4v) is 2.91. The maximum atomic E-state index is 12.5. The molecule has 0 aliphatic heterocycles. The Morgan fingerprint density at radius 1 is 0.846 bits per heavy atom. The van der Waals surface area contributed by atoms with E-state index in [1.165, 1.54) is 6.92 Å². The molecule has 132 valence electrons. The Bertz CT molecular complexity index is 977. The number of amides is 2. The number of Topliss-reactive ketones (excluding diaryl/α,β-unsaturated/α-hetero) is 1. The van der Waals surface area contributed by atoms with Crippen molar-refractivity contribution in [1.82, 2.24) is 5.32 Å². The van der Waals surface area contributed by atoms with Crippen LogP contribution >= 0.6 is 0 Å². The zero-order chi connectivity index (χ0) is 18.7. The molecule has 0 saturated carbocycles. The summed E-state index contributed by atoms with van der Waals surface area (Å²) in [6.07, 6.45) is 0. The Kier molecular flexibility index (Phi) is 4.76. The maximum absolute atomic E-state index is 12.5. The molecule has 0 aliphatic carbocycles. The van der Waals surface area contributed by atoms with Crippen LogP contribution in [0.2, 0.25) is 0 Å². The summed E-state index contributed by atoms with van der Waals surface area (Å²) >= 11 is 0. The van der Waals surface area contributed by atoms with Crippen molar-refractivity contribution in [1.29, 1.82) is 0 Å². The van der Waals surface area contributed by atoms with Gasteiger partial charge in [-0.3, -0.25) is 4.79 Å². The van der Waals surface area contributed by atoms with E-state index >= 15 is 0 Å². The number of hydrogen-bond donors (Lipinski definition) is 2. The normalized spacial score (nSPS) is 11.2. The summed E-state index contributed by atoms with van der Waals surface area (Å²) < 4.78 is 0. The summed E-state index contributed by atoms with van der Waals surface area (Å²) in [5.41, 5.74) is 1.62. The fraction of sp³-hybridized carbons (Fsp3) is 0.182. The highest BCUT2D eigenvalue weighted by Crippen LogP contribution is 2.22. The fourth-order valence-electron chi connectivity index (χ4n) is 2.91. The molecular weight excluding hydrogens is 324 g/mol. The first-order valence-corrected chi connectivity index (χ1v) is 8.54. The van der Waals surface area contributed by atoms with Crippen LogP contribution in [-0.4, -0.2) is 11.8 Å². The average Bonchev–Trinajstić information content (AvgIpc) is 2.61. The summed E-state index contributed by atoms with van der Waals surface area (Å²) in [5, 5.41) is 8.05. The molecule has 0 unspecified atom stereocenters. The van der Waals surface area contributed by atoms with Crippen molar-refractivity contribution in [2.75, 3.05) is 5.32 Å². The molecule has 3 rings (SSSR count). The van der Waals surface area contributed by atoms with Gasteiger partial charge >= 0.3 is 6.03 Å². The van der Waals surface area contributed by atoms with Gasteiger partial charge in [-0.1, -0.05) is 48.5 Å². The number of hydrogen-bond acceptors (Lipinski definition) is 2. The summed E-state index contributed by atoms with van der Waals surface area (Å²) in [6, 6.07) is 20.8. The largest absolute Gasteiger partial charge is 0.329 e. The molecule has 2 N–H and O–H groups in total. The van der Waals surface area contributed by atoms with Gasteiger partial charge in [-0.15, -0.1) is 0 Å². The van der Waals surface area contributed by atoms with Crippen LogP contribution < -0.4 is 10.6 Å². The average molecular weight is 346 g/mol. The smallest absolute Gasteiger partial charge is 0.319 e. The van der Waals surface area contributed by atoms with Gasteiger partial charge in [0, 0.05) is 11.3 Å². The van der Waals surface area contributed by atoms with E-state index in [2.05, 4.69) is 10.6 Å². The third-order valence-corrected chi connectivity index (χ3v) is 4.42. The number of anilines is 1. The molecule has 0 atom stereocenters. The first-order chi connectivity index (χ1) is 12.3. The molecule has 2 amide bonds. The topological polar surface area (TPSA) is 58.2 Å². The molecule has 0 bridgehead atoms. The summed E-state index contributed by atoms with van der Waals surface area (Å²) in [7, 11) is 0. The van der Waals surface area contributed by atoms with Crippen molar-refractivity contribution in [3.8, 4) is 0 Å². The second kappa shape index (κ2) is 7.00. The zero-order valence-electron chi connectivity index (χ0n) is 15.2. The minimum absolute atomic E-state index is 0.00302. The number of carbonyl (C=O) groups is 2. The van der Waals surface area contributed by atoms with Crippen LogP contribution in [0.1, 0.15) is 36.7 Å². The predicted octanol–water partition coefficient (Wildman–Crippen LogP) is 5.10. The van der Waals surface area contributed by atoms with Gasteiger partial charge in [-0.2, -0.15) is 0 Å². The van der Waals surface area contributed by atoms with Gasteiger partial charge in [-0.25, -0.2) is 4.79 Å². The zero-order valence-corrected chi connectivity index (χ0v) is 15.2. The van der Waals surface area contributed by atoms with Crippen molar-refractivity contribution >= 4 is 28.3 Å². The van der Waals surface area contributed by atoms with Crippen LogP contribution in [0.5, 0.6) is 0 Å². The number of fused-ring (bicyclic) bond motifs is 1. The van der Waals surface area contributed by atoms with Gasteiger partial charge in [0.2, 0.25) is 0 Å². The second-order valence-electron chi connectivity index (χ2n) is 6.90.